The number of nitrogens with zero attached hydrogens (tertiary/aromatic N) is 1. The van der Waals surface area contributed by atoms with Crippen LogP contribution in [-0.4, -0.2) is 49.3 Å². The molecule has 0 saturated carbocycles. The van der Waals surface area contributed by atoms with Crippen molar-refractivity contribution in [2.24, 2.45) is 0 Å². The molecule has 2 atom stereocenters. The lowest BCUT2D eigenvalue weighted by molar-refractivity contribution is -0.0325. The third-order valence-electron chi connectivity index (χ3n) is 4.06. The highest BCUT2D eigenvalue weighted by Crippen LogP contribution is 2.26. The van der Waals surface area contributed by atoms with Gasteiger partial charge in [-0.25, -0.2) is 0 Å². The Balaban J connectivity index is 2.71. The summed E-state index contributed by atoms with van der Waals surface area (Å²) in [5, 5.41) is 3.64. The molecule has 0 aromatic carbocycles. The molecule has 1 heterocycles. The predicted octanol–water partition coefficient (Wildman–Crippen LogP) is 1.88. The van der Waals surface area contributed by atoms with Gasteiger partial charge < -0.3 is 10.1 Å². The smallest absolute Gasteiger partial charge is 0.0594 e. The molecule has 0 spiro atoms. The minimum Gasteiger partial charge on any atom is -0.379 e. The summed E-state index contributed by atoms with van der Waals surface area (Å²) >= 11 is 0. The van der Waals surface area contributed by atoms with Gasteiger partial charge in [-0.3, -0.25) is 4.90 Å². The van der Waals surface area contributed by atoms with E-state index in [1.807, 2.05) is 0 Å². The minimum absolute atomic E-state index is 0.272. The molecule has 0 aromatic rings. The summed E-state index contributed by atoms with van der Waals surface area (Å²) in [5.74, 6) is 0. The molecule has 1 saturated heterocycles. The number of morpholine rings is 1. The molecular formula is C13H28N2O. The van der Waals surface area contributed by atoms with Crippen molar-refractivity contribution in [2.45, 2.75) is 52.1 Å². The molecule has 0 aliphatic carbocycles. The monoisotopic (exact) mass is 228 g/mol. The van der Waals surface area contributed by atoms with Gasteiger partial charge in [-0.1, -0.05) is 20.8 Å². The lowest BCUT2D eigenvalue weighted by Crippen LogP contribution is -2.61. The zero-order chi connectivity index (χ0) is 12.0. The van der Waals surface area contributed by atoms with Gasteiger partial charge in [0.15, 0.2) is 0 Å². The summed E-state index contributed by atoms with van der Waals surface area (Å²) in [4.78, 5) is 2.60. The second-order valence-corrected chi connectivity index (χ2v) is 4.83. The molecule has 3 heteroatoms. The van der Waals surface area contributed by atoms with Crippen LogP contribution >= 0.6 is 0 Å². The molecule has 1 N–H and O–H groups in total. The van der Waals surface area contributed by atoms with Gasteiger partial charge in [0, 0.05) is 24.7 Å². The Morgan fingerprint density at radius 1 is 1.25 bits per heavy atom. The van der Waals surface area contributed by atoms with Crippen molar-refractivity contribution >= 4 is 0 Å². The predicted molar refractivity (Wildman–Crippen MR) is 68.8 cm³/mol. The number of rotatable bonds is 6. The van der Waals surface area contributed by atoms with Crippen molar-refractivity contribution < 1.29 is 4.74 Å². The maximum absolute atomic E-state index is 5.45. The molecule has 0 amide bonds. The van der Waals surface area contributed by atoms with Crippen molar-refractivity contribution in [3.63, 3.8) is 0 Å². The number of nitrogens with one attached hydrogen (secondary N) is 1. The van der Waals surface area contributed by atoms with Crippen LogP contribution < -0.4 is 5.32 Å². The number of hydrogen-bond donors (Lipinski definition) is 1. The van der Waals surface area contributed by atoms with Crippen LogP contribution in [0.25, 0.3) is 0 Å². The van der Waals surface area contributed by atoms with E-state index in [9.17, 15) is 0 Å². The topological polar surface area (TPSA) is 24.5 Å². The molecule has 0 bridgehead atoms. The molecule has 96 valence electrons. The molecular weight excluding hydrogens is 200 g/mol. The Kier molecular flexibility index (Phi) is 5.73. The molecule has 1 rings (SSSR count). The van der Waals surface area contributed by atoms with Gasteiger partial charge >= 0.3 is 0 Å². The van der Waals surface area contributed by atoms with Crippen LogP contribution in [0.2, 0.25) is 0 Å². The Morgan fingerprint density at radius 3 is 2.31 bits per heavy atom. The summed E-state index contributed by atoms with van der Waals surface area (Å²) in [6, 6.07) is 0.584. The van der Waals surface area contributed by atoms with E-state index < -0.39 is 0 Å². The van der Waals surface area contributed by atoms with Crippen molar-refractivity contribution in [3.05, 3.63) is 0 Å². The average molecular weight is 228 g/mol. The van der Waals surface area contributed by atoms with Crippen LogP contribution in [0.15, 0.2) is 0 Å². The van der Waals surface area contributed by atoms with Crippen LogP contribution in [0, 0.1) is 0 Å². The quantitative estimate of drug-likeness (QED) is 0.751. The summed E-state index contributed by atoms with van der Waals surface area (Å²) < 4.78 is 5.45. The normalized spacial score (nSPS) is 24.0. The van der Waals surface area contributed by atoms with E-state index in [1.165, 1.54) is 12.8 Å². The SMILES string of the molecule is CCNC(CC)C(C)(CC)N1CCOCC1. The fraction of sp³-hybridized carbons (Fsp3) is 1.00. The van der Waals surface area contributed by atoms with E-state index in [0.717, 1.165) is 32.8 Å². The molecule has 3 nitrogen and oxygen atoms in total. The number of likely N-dealkylation sites (N-methyl/N-ethyl adjacent to an activating group) is 1. The van der Waals surface area contributed by atoms with E-state index in [1.54, 1.807) is 0 Å². The Labute approximate surface area is 101 Å². The van der Waals surface area contributed by atoms with Crippen LogP contribution in [0.1, 0.15) is 40.5 Å². The summed E-state index contributed by atoms with van der Waals surface area (Å²) in [6.07, 6.45) is 2.38. The highest BCUT2D eigenvalue weighted by atomic mass is 16.5. The Bertz CT molecular complexity index is 186. The van der Waals surface area contributed by atoms with Crippen LogP contribution in [-0.2, 0) is 4.74 Å². The lowest BCUT2D eigenvalue weighted by Gasteiger charge is -2.48. The minimum atomic E-state index is 0.272. The standard InChI is InChI=1S/C13H28N2O/c1-5-12(14-7-3)13(4,6-2)15-8-10-16-11-9-15/h12,14H,5-11H2,1-4H3. The van der Waals surface area contributed by atoms with E-state index in [-0.39, 0.29) is 5.54 Å². The highest BCUT2D eigenvalue weighted by Gasteiger charge is 2.37. The molecule has 16 heavy (non-hydrogen) atoms. The first-order valence-electron chi connectivity index (χ1n) is 6.75. The van der Waals surface area contributed by atoms with Crippen LogP contribution in [0.5, 0.6) is 0 Å². The van der Waals surface area contributed by atoms with Crippen molar-refractivity contribution in [1.82, 2.24) is 10.2 Å². The molecule has 0 aromatic heterocycles. The first kappa shape index (κ1) is 13.9. The van der Waals surface area contributed by atoms with E-state index in [4.69, 9.17) is 4.74 Å². The van der Waals surface area contributed by atoms with Gasteiger partial charge in [0.2, 0.25) is 0 Å². The van der Waals surface area contributed by atoms with Gasteiger partial charge in [-0.2, -0.15) is 0 Å². The summed E-state index contributed by atoms with van der Waals surface area (Å²) in [5.41, 5.74) is 0.272. The average Bonchev–Trinajstić information content (AvgIpc) is 2.36. The van der Waals surface area contributed by atoms with E-state index >= 15 is 0 Å². The third kappa shape index (κ3) is 2.96. The van der Waals surface area contributed by atoms with Crippen molar-refractivity contribution in [3.8, 4) is 0 Å². The maximum Gasteiger partial charge on any atom is 0.0594 e. The van der Waals surface area contributed by atoms with E-state index in [0.29, 0.717) is 6.04 Å². The Hall–Kier alpha value is -0.120. The van der Waals surface area contributed by atoms with Crippen molar-refractivity contribution in [1.29, 1.82) is 0 Å². The number of hydrogen-bond acceptors (Lipinski definition) is 3. The fourth-order valence-corrected chi connectivity index (χ4v) is 2.81. The zero-order valence-electron chi connectivity index (χ0n) is 11.4. The molecule has 2 unspecified atom stereocenters. The second-order valence-electron chi connectivity index (χ2n) is 4.83. The summed E-state index contributed by atoms with van der Waals surface area (Å²) in [7, 11) is 0. The van der Waals surface area contributed by atoms with Gasteiger partial charge in [0.25, 0.3) is 0 Å². The zero-order valence-corrected chi connectivity index (χ0v) is 11.4. The van der Waals surface area contributed by atoms with E-state index in [2.05, 4.69) is 37.9 Å². The van der Waals surface area contributed by atoms with Crippen LogP contribution in [0.3, 0.4) is 0 Å². The third-order valence-corrected chi connectivity index (χ3v) is 4.06. The maximum atomic E-state index is 5.45. The highest BCUT2D eigenvalue weighted by molar-refractivity contribution is 4.96. The van der Waals surface area contributed by atoms with Gasteiger partial charge in [-0.15, -0.1) is 0 Å². The van der Waals surface area contributed by atoms with Crippen molar-refractivity contribution in [2.75, 3.05) is 32.8 Å². The molecule has 1 aliphatic heterocycles. The first-order chi connectivity index (χ1) is 7.69. The summed E-state index contributed by atoms with van der Waals surface area (Å²) in [6.45, 7) is 14.2. The molecule has 1 fully saturated rings. The Morgan fingerprint density at radius 2 is 1.88 bits per heavy atom. The lowest BCUT2D eigenvalue weighted by atomic mass is 9.85. The van der Waals surface area contributed by atoms with Gasteiger partial charge in [0.1, 0.15) is 0 Å². The van der Waals surface area contributed by atoms with Gasteiger partial charge in [-0.05, 0) is 26.3 Å². The van der Waals surface area contributed by atoms with Gasteiger partial charge in [0.05, 0.1) is 13.2 Å². The number of ether oxygens (including phenoxy) is 1. The fourth-order valence-electron chi connectivity index (χ4n) is 2.81. The second kappa shape index (κ2) is 6.58. The first-order valence-corrected chi connectivity index (χ1v) is 6.75. The largest absolute Gasteiger partial charge is 0.379 e. The molecule has 1 aliphatic rings. The van der Waals surface area contributed by atoms with Crippen LogP contribution in [0.4, 0.5) is 0 Å². The molecule has 0 radical (unpaired) electrons.